The van der Waals surface area contributed by atoms with Crippen LogP contribution in [0.3, 0.4) is 0 Å². The minimum absolute atomic E-state index is 0.0200. The van der Waals surface area contributed by atoms with Crippen LogP contribution >= 0.6 is 0 Å². The number of halogens is 1. The Morgan fingerprint density at radius 3 is 2.52 bits per heavy atom. The van der Waals surface area contributed by atoms with Crippen molar-refractivity contribution >= 4 is 16.9 Å². The van der Waals surface area contributed by atoms with Crippen LogP contribution in [0.4, 0.5) is 4.39 Å². The van der Waals surface area contributed by atoms with Crippen molar-refractivity contribution in [2.45, 2.75) is 26.3 Å². The van der Waals surface area contributed by atoms with E-state index in [0.29, 0.717) is 49.8 Å². The molecule has 4 rings (SSSR count). The third kappa shape index (κ3) is 4.18. The summed E-state index contributed by atoms with van der Waals surface area (Å²) in [6, 6.07) is 8.35. The average Bonchev–Trinajstić information content (AvgIpc) is 3.08. The molecular weight excluding hydrogens is 429 g/mol. The summed E-state index contributed by atoms with van der Waals surface area (Å²) in [5, 5.41) is 0.0984. The number of ether oxygens (including phenoxy) is 3. The van der Waals surface area contributed by atoms with E-state index in [4.69, 9.17) is 18.6 Å². The van der Waals surface area contributed by atoms with Gasteiger partial charge in [0.1, 0.15) is 11.4 Å². The predicted octanol–water partition coefficient (Wildman–Crippen LogP) is 4.31. The van der Waals surface area contributed by atoms with Crippen molar-refractivity contribution in [2.24, 2.45) is 0 Å². The summed E-state index contributed by atoms with van der Waals surface area (Å²) in [6.07, 6.45) is 0.574. The molecule has 0 N–H and O–H groups in total. The smallest absolute Gasteiger partial charge is 0.290 e. The van der Waals surface area contributed by atoms with Gasteiger partial charge in [0.2, 0.25) is 5.76 Å². The fourth-order valence-electron chi connectivity index (χ4n) is 4.19. The Labute approximate surface area is 190 Å². The van der Waals surface area contributed by atoms with Crippen LogP contribution in [0.5, 0.6) is 11.5 Å². The van der Waals surface area contributed by atoms with Crippen molar-refractivity contribution in [3.63, 3.8) is 0 Å². The fraction of sp³-hybridized carbons (Fsp3) is 0.360. The molecule has 0 radical (unpaired) electrons. The molecule has 174 valence electrons. The van der Waals surface area contributed by atoms with Gasteiger partial charge in [-0.2, -0.15) is 0 Å². The summed E-state index contributed by atoms with van der Waals surface area (Å²) in [5.74, 6) is 0.138. The van der Waals surface area contributed by atoms with E-state index in [-0.39, 0.29) is 28.2 Å². The third-order valence-electron chi connectivity index (χ3n) is 5.56. The SMILES string of the molecule is CCOc1ccc(C2c3c(oc4ccc(F)cc4c3=O)C(=O)N2CCCOC)cc1OCC. The number of amides is 1. The Morgan fingerprint density at radius 1 is 1.03 bits per heavy atom. The highest BCUT2D eigenvalue weighted by atomic mass is 19.1. The number of fused-ring (bicyclic) bond motifs is 2. The van der Waals surface area contributed by atoms with E-state index in [1.54, 1.807) is 30.2 Å². The Morgan fingerprint density at radius 2 is 1.79 bits per heavy atom. The van der Waals surface area contributed by atoms with Gasteiger partial charge < -0.3 is 23.5 Å². The molecule has 1 amide bonds. The lowest BCUT2D eigenvalue weighted by Crippen LogP contribution is -2.31. The first kappa shape index (κ1) is 22.8. The number of hydrogen-bond donors (Lipinski definition) is 0. The highest BCUT2D eigenvalue weighted by Gasteiger charge is 2.42. The maximum Gasteiger partial charge on any atom is 0.290 e. The first-order valence-corrected chi connectivity index (χ1v) is 11.0. The topological polar surface area (TPSA) is 78.2 Å². The van der Waals surface area contributed by atoms with Crippen LogP contribution in [0, 0.1) is 5.82 Å². The van der Waals surface area contributed by atoms with Crippen LogP contribution in [0.1, 0.15) is 48.0 Å². The molecule has 0 fully saturated rings. The average molecular weight is 455 g/mol. The molecule has 33 heavy (non-hydrogen) atoms. The molecule has 3 aromatic rings. The molecule has 1 aromatic heterocycles. The largest absolute Gasteiger partial charge is 0.490 e. The molecular formula is C25H26FNO6. The van der Waals surface area contributed by atoms with Crippen LogP contribution in [-0.2, 0) is 4.74 Å². The van der Waals surface area contributed by atoms with Crippen LogP contribution in [0.2, 0.25) is 0 Å². The molecule has 2 aromatic carbocycles. The standard InChI is InChI=1S/C25H26FNO6/c1-4-31-19-9-7-15(13-20(19)32-5-2)22-21-23(28)17-14-16(26)8-10-18(17)33-24(21)25(29)27(22)11-6-12-30-3/h7-10,13-14,22H,4-6,11-12H2,1-3H3. The normalized spacial score (nSPS) is 15.2. The molecule has 0 saturated heterocycles. The molecule has 0 bridgehead atoms. The van der Waals surface area contributed by atoms with Crippen molar-refractivity contribution in [1.29, 1.82) is 0 Å². The van der Waals surface area contributed by atoms with Gasteiger partial charge in [0.05, 0.1) is 30.2 Å². The number of nitrogens with zero attached hydrogens (tertiary/aromatic N) is 1. The molecule has 1 aliphatic heterocycles. The zero-order valence-electron chi connectivity index (χ0n) is 18.9. The summed E-state index contributed by atoms with van der Waals surface area (Å²) < 4.78 is 36.3. The lowest BCUT2D eigenvalue weighted by atomic mass is 9.98. The molecule has 1 unspecified atom stereocenters. The van der Waals surface area contributed by atoms with Gasteiger partial charge in [-0.1, -0.05) is 6.07 Å². The number of methoxy groups -OCH3 is 1. The van der Waals surface area contributed by atoms with Gasteiger partial charge >= 0.3 is 0 Å². The molecule has 0 aliphatic carbocycles. The number of carbonyl (C=O) groups excluding carboxylic acids is 1. The van der Waals surface area contributed by atoms with Crippen LogP contribution in [0.15, 0.2) is 45.6 Å². The quantitative estimate of drug-likeness (QED) is 0.448. The van der Waals surface area contributed by atoms with Crippen molar-refractivity contribution < 1.29 is 27.8 Å². The predicted molar refractivity (Wildman–Crippen MR) is 121 cm³/mol. The molecule has 1 aliphatic rings. The molecule has 0 saturated carbocycles. The van der Waals surface area contributed by atoms with E-state index in [1.165, 1.54) is 12.1 Å². The van der Waals surface area contributed by atoms with E-state index in [1.807, 2.05) is 13.8 Å². The number of hydrogen-bond acceptors (Lipinski definition) is 6. The summed E-state index contributed by atoms with van der Waals surface area (Å²) in [5.41, 5.74) is 0.620. The van der Waals surface area contributed by atoms with Crippen LogP contribution in [-0.4, -0.2) is 44.3 Å². The summed E-state index contributed by atoms with van der Waals surface area (Å²) in [4.78, 5) is 28.4. The zero-order chi connectivity index (χ0) is 23.5. The maximum atomic E-state index is 13.9. The monoisotopic (exact) mass is 455 g/mol. The molecule has 2 heterocycles. The number of benzene rings is 2. The summed E-state index contributed by atoms with van der Waals surface area (Å²) in [6.45, 7) is 5.44. The second-order valence-electron chi connectivity index (χ2n) is 7.63. The van der Waals surface area contributed by atoms with Gasteiger partial charge in [0.15, 0.2) is 16.9 Å². The molecule has 8 heteroatoms. The molecule has 1 atom stereocenters. The Hall–Kier alpha value is -3.39. The maximum absolute atomic E-state index is 13.9. The first-order valence-electron chi connectivity index (χ1n) is 11.0. The summed E-state index contributed by atoms with van der Waals surface area (Å²) >= 11 is 0. The highest BCUT2D eigenvalue weighted by Crippen LogP contribution is 2.41. The van der Waals surface area contributed by atoms with E-state index in [9.17, 15) is 14.0 Å². The van der Waals surface area contributed by atoms with E-state index in [2.05, 4.69) is 0 Å². The number of carbonyl (C=O) groups is 1. The van der Waals surface area contributed by atoms with Gasteiger partial charge in [0.25, 0.3) is 5.91 Å². The lowest BCUT2D eigenvalue weighted by Gasteiger charge is -2.25. The molecule has 0 spiro atoms. The second kappa shape index (κ2) is 9.62. The summed E-state index contributed by atoms with van der Waals surface area (Å²) in [7, 11) is 1.59. The van der Waals surface area contributed by atoms with Crippen LogP contribution in [0.25, 0.3) is 11.0 Å². The van der Waals surface area contributed by atoms with Crippen molar-refractivity contribution in [3.8, 4) is 11.5 Å². The van der Waals surface area contributed by atoms with E-state index >= 15 is 0 Å². The highest BCUT2D eigenvalue weighted by molar-refractivity contribution is 5.99. The Kier molecular flexibility index (Phi) is 6.65. The fourth-order valence-corrected chi connectivity index (χ4v) is 4.19. The van der Waals surface area contributed by atoms with Crippen molar-refractivity contribution in [3.05, 3.63) is 69.3 Å². The van der Waals surface area contributed by atoms with Gasteiger partial charge in [-0.25, -0.2) is 4.39 Å². The van der Waals surface area contributed by atoms with Gasteiger partial charge in [-0.3, -0.25) is 9.59 Å². The first-order chi connectivity index (χ1) is 16.0. The van der Waals surface area contributed by atoms with Crippen molar-refractivity contribution in [2.75, 3.05) is 33.5 Å². The zero-order valence-corrected chi connectivity index (χ0v) is 18.9. The van der Waals surface area contributed by atoms with Gasteiger partial charge in [-0.15, -0.1) is 0 Å². The Balaban J connectivity index is 1.90. The van der Waals surface area contributed by atoms with Gasteiger partial charge in [-0.05, 0) is 56.2 Å². The Bertz CT molecular complexity index is 1240. The lowest BCUT2D eigenvalue weighted by molar-refractivity contribution is 0.0707. The second-order valence-corrected chi connectivity index (χ2v) is 7.63. The van der Waals surface area contributed by atoms with E-state index < -0.39 is 17.3 Å². The van der Waals surface area contributed by atoms with Gasteiger partial charge in [0, 0.05) is 20.3 Å². The molecule has 7 nitrogen and oxygen atoms in total. The number of rotatable bonds is 9. The van der Waals surface area contributed by atoms with Crippen LogP contribution < -0.4 is 14.9 Å². The third-order valence-corrected chi connectivity index (χ3v) is 5.56. The van der Waals surface area contributed by atoms with Crippen molar-refractivity contribution in [1.82, 2.24) is 4.90 Å². The van der Waals surface area contributed by atoms with E-state index in [0.717, 1.165) is 6.07 Å². The minimum Gasteiger partial charge on any atom is -0.490 e. The minimum atomic E-state index is -0.705.